The monoisotopic (exact) mass is 329 g/mol. The number of imidazole rings is 1. The molecule has 126 valence electrons. The second-order valence-corrected chi connectivity index (χ2v) is 5.73. The molecule has 0 bridgehead atoms. The lowest BCUT2D eigenvalue weighted by molar-refractivity contribution is -0.0373. The summed E-state index contributed by atoms with van der Waals surface area (Å²) in [5, 5.41) is 3.08. The molecule has 1 aliphatic rings. The highest BCUT2D eigenvalue weighted by molar-refractivity contribution is 5.82. The van der Waals surface area contributed by atoms with E-state index in [-0.39, 0.29) is 6.10 Å². The van der Waals surface area contributed by atoms with Gasteiger partial charge in [-0.1, -0.05) is 0 Å². The van der Waals surface area contributed by atoms with Crippen LogP contribution in [0.5, 0.6) is 0 Å². The number of nitrogens with one attached hydrogen (secondary N) is 2. The molecular weight excluding hydrogens is 310 g/mol. The van der Waals surface area contributed by atoms with Crippen LogP contribution >= 0.6 is 0 Å². The van der Waals surface area contributed by atoms with Crippen LogP contribution < -0.4 is 5.32 Å². The Morgan fingerprint density at radius 3 is 3.08 bits per heavy atom. The average Bonchev–Trinajstić information content (AvgIpc) is 3.23. The predicted molar refractivity (Wildman–Crippen MR) is 86.4 cm³/mol. The molecule has 1 unspecified atom stereocenters. The molecule has 0 spiro atoms. The second-order valence-electron chi connectivity index (χ2n) is 5.73. The van der Waals surface area contributed by atoms with Gasteiger partial charge in [-0.3, -0.25) is 4.90 Å². The van der Waals surface area contributed by atoms with E-state index in [0.717, 1.165) is 30.1 Å². The van der Waals surface area contributed by atoms with Crippen LogP contribution in [-0.4, -0.2) is 56.6 Å². The van der Waals surface area contributed by atoms with E-state index in [1.54, 1.807) is 12.6 Å². The fraction of sp³-hybridized carbons (Fsp3) is 0.467. The van der Waals surface area contributed by atoms with Crippen LogP contribution in [0.4, 0.5) is 5.82 Å². The van der Waals surface area contributed by atoms with Gasteiger partial charge in [0.15, 0.2) is 23.2 Å². The largest absolute Gasteiger partial charge is 0.449 e. The number of rotatable bonds is 4. The van der Waals surface area contributed by atoms with E-state index in [1.807, 2.05) is 14.0 Å². The number of H-pyrrole nitrogens is 1. The van der Waals surface area contributed by atoms with E-state index in [9.17, 15) is 0 Å². The average molecular weight is 329 g/mol. The number of fused-ring (bicyclic) bond motifs is 1. The van der Waals surface area contributed by atoms with Gasteiger partial charge in [-0.15, -0.1) is 0 Å². The molecule has 0 aromatic carbocycles. The fourth-order valence-electron chi connectivity index (χ4n) is 2.89. The van der Waals surface area contributed by atoms with Gasteiger partial charge in [0.2, 0.25) is 0 Å². The molecule has 3 aromatic rings. The third-order valence-electron chi connectivity index (χ3n) is 4.03. The minimum Gasteiger partial charge on any atom is -0.449 e. The van der Waals surface area contributed by atoms with Gasteiger partial charge in [0.25, 0.3) is 0 Å². The van der Waals surface area contributed by atoms with Crippen molar-refractivity contribution in [1.82, 2.24) is 29.8 Å². The topological polar surface area (TPSA) is 105 Å². The van der Waals surface area contributed by atoms with E-state index < -0.39 is 0 Å². The number of hydrogen-bond donors (Lipinski definition) is 2. The Labute approximate surface area is 138 Å². The maximum Gasteiger partial charge on any atom is 0.191 e. The van der Waals surface area contributed by atoms with Gasteiger partial charge in [0, 0.05) is 33.6 Å². The lowest BCUT2D eigenvalue weighted by atomic mass is 10.2. The van der Waals surface area contributed by atoms with Crippen LogP contribution in [0, 0.1) is 6.92 Å². The lowest BCUT2D eigenvalue weighted by Crippen LogP contribution is -2.38. The number of ether oxygens (including phenoxy) is 1. The molecule has 4 heterocycles. The first kappa shape index (κ1) is 15.0. The van der Waals surface area contributed by atoms with Gasteiger partial charge in [-0.05, 0) is 0 Å². The van der Waals surface area contributed by atoms with Gasteiger partial charge in [-0.2, -0.15) is 0 Å². The van der Waals surface area contributed by atoms with Crippen molar-refractivity contribution in [2.75, 3.05) is 32.1 Å². The zero-order valence-corrected chi connectivity index (χ0v) is 13.6. The van der Waals surface area contributed by atoms with Crippen molar-refractivity contribution in [3.8, 4) is 0 Å². The number of aromatic nitrogens is 5. The Morgan fingerprint density at radius 2 is 2.29 bits per heavy atom. The molecule has 9 nitrogen and oxygen atoms in total. The van der Waals surface area contributed by atoms with Crippen LogP contribution in [-0.2, 0) is 11.3 Å². The van der Waals surface area contributed by atoms with Gasteiger partial charge >= 0.3 is 0 Å². The van der Waals surface area contributed by atoms with Crippen molar-refractivity contribution in [1.29, 1.82) is 0 Å². The first-order valence-electron chi connectivity index (χ1n) is 7.86. The highest BCUT2D eigenvalue weighted by Gasteiger charge is 2.26. The Hall–Kier alpha value is -2.52. The zero-order chi connectivity index (χ0) is 16.5. The van der Waals surface area contributed by atoms with Crippen LogP contribution in [0.15, 0.2) is 17.0 Å². The van der Waals surface area contributed by atoms with Crippen molar-refractivity contribution in [2.45, 2.75) is 19.6 Å². The SMILES string of the molecule is CNc1nc(C2CN(Cc3coc(C)n3)CCO2)nc2nc[nH]c12. The number of anilines is 1. The standard InChI is InChI=1S/C15H19N7O2/c1-9-19-10(7-24-9)5-22-3-4-23-11(6-22)13-20-14(16-2)12-15(21-13)18-8-17-12/h7-8,11H,3-6H2,1-2H3,(H2,16,17,18,20,21). The normalized spacial score (nSPS) is 19.0. The minimum atomic E-state index is -0.194. The molecule has 2 N–H and O–H groups in total. The summed E-state index contributed by atoms with van der Waals surface area (Å²) in [6.45, 7) is 4.73. The quantitative estimate of drug-likeness (QED) is 0.737. The smallest absolute Gasteiger partial charge is 0.191 e. The van der Waals surface area contributed by atoms with Crippen LogP contribution in [0.2, 0.25) is 0 Å². The molecule has 4 rings (SSSR count). The highest BCUT2D eigenvalue weighted by Crippen LogP contribution is 2.24. The molecule has 1 aliphatic heterocycles. The highest BCUT2D eigenvalue weighted by atomic mass is 16.5. The van der Waals surface area contributed by atoms with Crippen LogP contribution in [0.3, 0.4) is 0 Å². The van der Waals surface area contributed by atoms with E-state index in [1.165, 1.54) is 0 Å². The summed E-state index contributed by atoms with van der Waals surface area (Å²) < 4.78 is 11.2. The molecule has 0 amide bonds. The maximum atomic E-state index is 5.89. The van der Waals surface area contributed by atoms with Crippen LogP contribution in [0.25, 0.3) is 11.2 Å². The molecule has 9 heteroatoms. The summed E-state index contributed by atoms with van der Waals surface area (Å²) in [7, 11) is 1.83. The summed E-state index contributed by atoms with van der Waals surface area (Å²) in [4.78, 5) is 23.0. The summed E-state index contributed by atoms with van der Waals surface area (Å²) in [5.74, 6) is 2.04. The Morgan fingerprint density at radius 1 is 1.38 bits per heavy atom. The van der Waals surface area contributed by atoms with Gasteiger partial charge in [-0.25, -0.2) is 19.9 Å². The molecule has 0 radical (unpaired) electrons. The van der Waals surface area contributed by atoms with Crippen LogP contribution in [0.1, 0.15) is 23.5 Å². The predicted octanol–water partition coefficient (Wildman–Crippen LogP) is 1.26. The van der Waals surface area contributed by atoms with E-state index in [4.69, 9.17) is 9.15 Å². The Bertz CT molecular complexity index is 843. The first-order valence-corrected chi connectivity index (χ1v) is 7.86. The Kier molecular flexibility index (Phi) is 3.87. The number of aromatic amines is 1. The third-order valence-corrected chi connectivity index (χ3v) is 4.03. The molecule has 1 saturated heterocycles. The summed E-state index contributed by atoms with van der Waals surface area (Å²) in [5.41, 5.74) is 2.36. The van der Waals surface area contributed by atoms with E-state index >= 15 is 0 Å². The molecule has 1 atom stereocenters. The van der Waals surface area contributed by atoms with E-state index in [0.29, 0.717) is 30.5 Å². The first-order chi connectivity index (χ1) is 11.7. The number of aryl methyl sites for hydroxylation is 1. The second kappa shape index (κ2) is 6.17. The molecule has 24 heavy (non-hydrogen) atoms. The van der Waals surface area contributed by atoms with Crippen molar-refractivity contribution >= 4 is 17.0 Å². The van der Waals surface area contributed by atoms with Crippen molar-refractivity contribution in [3.05, 3.63) is 30.0 Å². The summed E-state index contributed by atoms with van der Waals surface area (Å²) >= 11 is 0. The zero-order valence-electron chi connectivity index (χ0n) is 13.6. The van der Waals surface area contributed by atoms with Crippen molar-refractivity contribution in [3.63, 3.8) is 0 Å². The molecule has 3 aromatic heterocycles. The molecule has 0 aliphatic carbocycles. The summed E-state index contributed by atoms with van der Waals surface area (Å²) in [6, 6.07) is 0. The Balaban J connectivity index is 1.55. The van der Waals surface area contributed by atoms with Gasteiger partial charge in [0.05, 0.1) is 18.6 Å². The number of nitrogens with zero attached hydrogens (tertiary/aromatic N) is 5. The van der Waals surface area contributed by atoms with E-state index in [2.05, 4.69) is 35.1 Å². The fourth-order valence-corrected chi connectivity index (χ4v) is 2.89. The van der Waals surface area contributed by atoms with Crippen molar-refractivity contribution in [2.24, 2.45) is 0 Å². The van der Waals surface area contributed by atoms with Gasteiger partial charge < -0.3 is 19.5 Å². The number of morpholine rings is 1. The molecule has 1 fully saturated rings. The minimum absolute atomic E-state index is 0.194. The summed E-state index contributed by atoms with van der Waals surface area (Å²) in [6.07, 6.45) is 3.12. The maximum absolute atomic E-state index is 5.89. The number of oxazole rings is 1. The lowest BCUT2D eigenvalue weighted by Gasteiger charge is -2.31. The number of hydrogen-bond acceptors (Lipinski definition) is 8. The van der Waals surface area contributed by atoms with Crippen molar-refractivity contribution < 1.29 is 9.15 Å². The molecular formula is C15H19N7O2. The molecule has 0 saturated carbocycles. The third kappa shape index (κ3) is 2.83. The van der Waals surface area contributed by atoms with Gasteiger partial charge in [0.1, 0.15) is 17.9 Å².